The first-order chi connectivity index (χ1) is 15.0. The maximum absolute atomic E-state index is 12.9. The van der Waals surface area contributed by atoms with Gasteiger partial charge in [0.05, 0.1) is 18.7 Å². The first-order valence-corrected chi connectivity index (χ1v) is 10.6. The summed E-state index contributed by atoms with van der Waals surface area (Å²) in [5, 5.41) is 21.2. The Morgan fingerprint density at radius 1 is 1.23 bits per heavy atom. The molecule has 4 atom stereocenters. The molecule has 8 heteroatoms. The molecule has 31 heavy (non-hydrogen) atoms. The number of carbonyl (C=O) groups is 1. The molecular weight excluding hydrogens is 392 g/mol. The Labute approximate surface area is 180 Å². The van der Waals surface area contributed by atoms with Gasteiger partial charge in [0.1, 0.15) is 11.4 Å². The van der Waals surface area contributed by atoms with Crippen molar-refractivity contribution in [1.29, 1.82) is 0 Å². The summed E-state index contributed by atoms with van der Waals surface area (Å²) in [6.07, 6.45) is 3.95. The minimum atomic E-state index is -0.0362. The van der Waals surface area contributed by atoms with Crippen LogP contribution in [0.3, 0.4) is 0 Å². The first kappa shape index (κ1) is 19.6. The highest BCUT2D eigenvalue weighted by atomic mass is 16.3. The number of aromatic hydroxyl groups is 1. The van der Waals surface area contributed by atoms with Gasteiger partial charge in [-0.1, -0.05) is 23.4 Å². The molecule has 3 fully saturated rings. The molecule has 3 saturated heterocycles. The highest BCUT2D eigenvalue weighted by molar-refractivity contribution is 5.93. The normalized spacial score (nSPS) is 24.8. The number of nitrogens with zero attached hydrogens (tertiary/aromatic N) is 4. The van der Waals surface area contributed by atoms with Crippen molar-refractivity contribution in [3.05, 3.63) is 54.7 Å². The van der Waals surface area contributed by atoms with Crippen molar-refractivity contribution in [2.75, 3.05) is 24.1 Å². The standard InChI is InChI=1S/C23H26N6O2/c24-17-4-1-3-16(9-17)22-14-29(27-26-22)12-19-10-15-7-8-28(19)13-21(15)23(31)25-18-5-2-6-20(30)11-18/h1-6,9,11,14-15,19,21,30H,7-8,10,12-13,24H2,(H,25,31)/t15-,19-,21+/m1/s1. The van der Waals surface area contributed by atoms with Crippen LogP contribution >= 0.6 is 0 Å². The van der Waals surface area contributed by atoms with Gasteiger partial charge in [0.25, 0.3) is 0 Å². The number of fused-ring (bicyclic) bond motifs is 3. The van der Waals surface area contributed by atoms with Gasteiger partial charge in [-0.15, -0.1) is 5.10 Å². The molecule has 4 heterocycles. The van der Waals surface area contributed by atoms with E-state index < -0.39 is 0 Å². The number of piperidine rings is 3. The fourth-order valence-corrected chi connectivity index (χ4v) is 4.88. The van der Waals surface area contributed by atoms with Crippen LogP contribution in [0.15, 0.2) is 54.7 Å². The third-order valence-corrected chi connectivity index (χ3v) is 6.45. The summed E-state index contributed by atoms with van der Waals surface area (Å²) >= 11 is 0. The van der Waals surface area contributed by atoms with Crippen molar-refractivity contribution >= 4 is 17.3 Å². The van der Waals surface area contributed by atoms with Gasteiger partial charge in [-0.05, 0) is 49.6 Å². The van der Waals surface area contributed by atoms with Crippen molar-refractivity contribution in [3.8, 4) is 17.0 Å². The molecule has 2 aromatic carbocycles. The number of nitrogen functional groups attached to an aromatic ring is 1. The zero-order valence-electron chi connectivity index (χ0n) is 17.2. The van der Waals surface area contributed by atoms with Crippen molar-refractivity contribution < 1.29 is 9.90 Å². The van der Waals surface area contributed by atoms with E-state index in [1.54, 1.807) is 24.3 Å². The van der Waals surface area contributed by atoms with Crippen molar-refractivity contribution in [2.45, 2.75) is 25.4 Å². The van der Waals surface area contributed by atoms with Crippen molar-refractivity contribution in [2.24, 2.45) is 11.8 Å². The number of hydrogen-bond acceptors (Lipinski definition) is 6. The van der Waals surface area contributed by atoms with Gasteiger partial charge in [0.15, 0.2) is 0 Å². The largest absolute Gasteiger partial charge is 0.508 e. The van der Waals surface area contributed by atoms with Crippen LogP contribution in [-0.2, 0) is 11.3 Å². The lowest BCUT2D eigenvalue weighted by molar-refractivity contribution is -0.127. The fourth-order valence-electron chi connectivity index (χ4n) is 4.88. The molecule has 0 spiro atoms. The molecule has 8 nitrogen and oxygen atoms in total. The van der Waals surface area contributed by atoms with E-state index in [0.717, 1.165) is 43.7 Å². The van der Waals surface area contributed by atoms with E-state index in [1.165, 1.54) is 0 Å². The minimum Gasteiger partial charge on any atom is -0.508 e. The Balaban J connectivity index is 1.23. The predicted octanol–water partition coefficient (Wildman–Crippen LogP) is 2.58. The molecule has 1 unspecified atom stereocenters. The number of rotatable bonds is 5. The maximum Gasteiger partial charge on any atom is 0.229 e. The molecule has 160 valence electrons. The van der Waals surface area contributed by atoms with Crippen LogP contribution in [0, 0.1) is 11.8 Å². The summed E-state index contributed by atoms with van der Waals surface area (Å²) < 4.78 is 1.89. The second kappa shape index (κ2) is 8.03. The van der Waals surface area contributed by atoms with Gasteiger partial charge in [0.2, 0.25) is 5.91 Å². The Bertz CT molecular complexity index is 1100. The van der Waals surface area contributed by atoms with E-state index in [1.807, 2.05) is 35.1 Å². The van der Waals surface area contributed by atoms with E-state index in [9.17, 15) is 9.90 Å². The zero-order valence-corrected chi connectivity index (χ0v) is 17.2. The van der Waals surface area contributed by atoms with Crippen LogP contribution in [0.1, 0.15) is 12.8 Å². The molecule has 4 N–H and O–H groups in total. The van der Waals surface area contributed by atoms with E-state index in [-0.39, 0.29) is 17.6 Å². The Kier molecular flexibility index (Phi) is 5.07. The molecule has 1 aromatic heterocycles. The van der Waals surface area contributed by atoms with E-state index in [4.69, 9.17) is 5.73 Å². The number of phenols is 1. The highest BCUT2D eigenvalue weighted by Gasteiger charge is 2.43. The molecule has 0 saturated carbocycles. The van der Waals surface area contributed by atoms with Crippen LogP contribution in [-0.4, -0.2) is 50.0 Å². The number of carbonyl (C=O) groups excluding carboxylic acids is 1. The lowest BCUT2D eigenvalue weighted by Gasteiger charge is -2.49. The van der Waals surface area contributed by atoms with Crippen LogP contribution < -0.4 is 11.1 Å². The summed E-state index contributed by atoms with van der Waals surface area (Å²) in [5.41, 5.74) is 8.99. The SMILES string of the molecule is Nc1cccc(-c2cn(C[C@H]3C[C@H]4CCN3C[C@@H]4C(=O)Nc3cccc(O)c3)nn2)c1. The monoisotopic (exact) mass is 418 g/mol. The van der Waals surface area contributed by atoms with Gasteiger partial charge in [-0.3, -0.25) is 14.4 Å². The molecule has 3 aliphatic rings. The van der Waals surface area contributed by atoms with Gasteiger partial charge in [0, 0.05) is 35.6 Å². The number of benzene rings is 2. The Morgan fingerprint density at radius 2 is 2.10 bits per heavy atom. The summed E-state index contributed by atoms with van der Waals surface area (Å²) in [4.78, 5) is 15.3. The molecule has 2 bridgehead atoms. The number of nitrogens with one attached hydrogen (secondary N) is 1. The number of aromatic nitrogens is 3. The Hall–Kier alpha value is -3.39. The van der Waals surface area contributed by atoms with Crippen molar-refractivity contribution in [3.63, 3.8) is 0 Å². The summed E-state index contributed by atoms with van der Waals surface area (Å²) in [6.45, 7) is 2.51. The minimum absolute atomic E-state index is 0.0310. The number of phenolic OH excluding ortho intramolecular Hbond substituents is 1. The molecule has 0 aliphatic carbocycles. The molecule has 6 rings (SSSR count). The second-order valence-electron chi connectivity index (χ2n) is 8.53. The van der Waals surface area contributed by atoms with Gasteiger partial charge >= 0.3 is 0 Å². The van der Waals surface area contributed by atoms with Gasteiger partial charge in [-0.2, -0.15) is 0 Å². The zero-order chi connectivity index (χ0) is 21.4. The molecule has 1 amide bonds. The van der Waals surface area contributed by atoms with Crippen molar-refractivity contribution in [1.82, 2.24) is 19.9 Å². The van der Waals surface area contributed by atoms with Crippen LogP contribution in [0.5, 0.6) is 5.75 Å². The Morgan fingerprint density at radius 3 is 2.87 bits per heavy atom. The average Bonchev–Trinajstić information content (AvgIpc) is 3.23. The third-order valence-electron chi connectivity index (χ3n) is 6.45. The van der Waals surface area contributed by atoms with Gasteiger partial charge in [-0.25, -0.2) is 0 Å². The fraction of sp³-hybridized carbons (Fsp3) is 0.348. The topological polar surface area (TPSA) is 109 Å². The molecular formula is C23H26N6O2. The smallest absolute Gasteiger partial charge is 0.229 e. The number of anilines is 2. The quantitative estimate of drug-likeness (QED) is 0.550. The third kappa shape index (κ3) is 4.11. The lowest BCUT2D eigenvalue weighted by Crippen LogP contribution is -2.57. The summed E-state index contributed by atoms with van der Waals surface area (Å²) in [6, 6.07) is 14.7. The summed E-state index contributed by atoms with van der Waals surface area (Å²) in [7, 11) is 0. The van der Waals surface area contributed by atoms with Gasteiger partial charge < -0.3 is 16.2 Å². The number of amides is 1. The second-order valence-corrected chi connectivity index (χ2v) is 8.53. The maximum atomic E-state index is 12.9. The lowest BCUT2D eigenvalue weighted by atomic mass is 9.75. The van der Waals surface area contributed by atoms with E-state index in [0.29, 0.717) is 23.3 Å². The molecule has 3 aromatic rings. The molecule has 0 radical (unpaired) electrons. The summed E-state index contributed by atoms with van der Waals surface area (Å²) in [5.74, 6) is 0.496. The van der Waals surface area contributed by atoms with Crippen LogP contribution in [0.4, 0.5) is 11.4 Å². The van der Waals surface area contributed by atoms with E-state index >= 15 is 0 Å². The van der Waals surface area contributed by atoms with Crippen LogP contribution in [0.2, 0.25) is 0 Å². The highest BCUT2D eigenvalue weighted by Crippen LogP contribution is 2.37. The van der Waals surface area contributed by atoms with E-state index in [2.05, 4.69) is 20.5 Å². The first-order valence-electron chi connectivity index (χ1n) is 10.6. The number of hydrogen-bond donors (Lipinski definition) is 3. The molecule has 3 aliphatic heterocycles. The predicted molar refractivity (Wildman–Crippen MR) is 118 cm³/mol. The van der Waals surface area contributed by atoms with Crippen LogP contribution in [0.25, 0.3) is 11.3 Å². The average molecular weight is 419 g/mol. The number of nitrogens with two attached hydrogens (primary N) is 1.